The van der Waals surface area contributed by atoms with Gasteiger partial charge in [-0.05, 0) is 0 Å². The monoisotopic (exact) mass is 277 g/mol. The third-order valence-electron chi connectivity index (χ3n) is 2.87. The molecule has 0 aromatic carbocycles. The largest absolute Gasteiger partial charge is 0.511 e. The third-order valence-corrected chi connectivity index (χ3v) is 7.66. The number of fused-ring (bicyclic) bond motifs is 6. The van der Waals surface area contributed by atoms with Crippen molar-refractivity contribution in [3.05, 3.63) is 0 Å². The highest BCUT2D eigenvalue weighted by Crippen LogP contribution is 2.29. The minimum atomic E-state index is -2.40. The highest BCUT2D eigenvalue weighted by atomic mass is 32.2. The van der Waals surface area contributed by atoms with Gasteiger partial charge in [0.1, 0.15) is 0 Å². The van der Waals surface area contributed by atoms with Crippen molar-refractivity contribution in [2.45, 2.75) is 25.5 Å². The fourth-order valence-electron chi connectivity index (χ4n) is 1.88. The van der Waals surface area contributed by atoms with Crippen LogP contribution in [0, 0.1) is 0 Å². The molecule has 2 bridgehead atoms. The van der Waals surface area contributed by atoms with Gasteiger partial charge in [-0.2, -0.15) is 11.8 Å². The second-order valence-electron chi connectivity index (χ2n) is 5.47. The fraction of sp³-hybridized carbons (Fsp3) is 1.00. The molecule has 0 atom stereocenters. The van der Waals surface area contributed by atoms with Gasteiger partial charge < -0.3 is 13.3 Å². The zero-order valence-electron chi connectivity index (χ0n) is 11.0. The fourth-order valence-corrected chi connectivity index (χ4v) is 6.78. The Bertz CT molecular complexity index is 233. The molecule has 6 heteroatoms. The summed E-state index contributed by atoms with van der Waals surface area (Å²) in [6.07, 6.45) is 0. The molecule has 3 aliphatic rings. The Kier molecular flexibility index (Phi) is 4.54. The van der Waals surface area contributed by atoms with Crippen LogP contribution in [0.25, 0.3) is 0 Å². The van der Waals surface area contributed by atoms with Gasteiger partial charge in [0, 0.05) is 24.4 Å². The van der Waals surface area contributed by atoms with Crippen LogP contribution in [-0.4, -0.2) is 63.3 Å². The normalized spacial score (nSPS) is 35.1. The predicted octanol–water partition coefficient (Wildman–Crippen LogP) is 1.38. The Morgan fingerprint density at radius 1 is 1.00 bits per heavy atom. The van der Waals surface area contributed by atoms with Crippen LogP contribution < -0.4 is 0 Å². The molecule has 0 unspecified atom stereocenters. The van der Waals surface area contributed by atoms with Crippen molar-refractivity contribution in [2.24, 2.45) is 0 Å². The number of nitrogens with zero attached hydrogens (tertiary/aromatic N) is 1. The van der Waals surface area contributed by atoms with E-state index in [4.69, 9.17) is 13.3 Å². The summed E-state index contributed by atoms with van der Waals surface area (Å²) in [7, 11) is -2.40. The summed E-state index contributed by atoms with van der Waals surface area (Å²) in [4.78, 5) is 2.34. The minimum absolute atomic E-state index is 0.231. The first kappa shape index (κ1) is 13.8. The topological polar surface area (TPSA) is 30.9 Å². The molecule has 3 saturated heterocycles. The molecule has 0 spiro atoms. The lowest BCUT2D eigenvalue weighted by molar-refractivity contribution is -0.00447. The van der Waals surface area contributed by atoms with Crippen molar-refractivity contribution in [1.82, 2.24) is 4.90 Å². The van der Waals surface area contributed by atoms with E-state index in [1.807, 2.05) is 11.8 Å². The maximum atomic E-state index is 5.97. The summed E-state index contributed by atoms with van der Waals surface area (Å²) < 4.78 is 18.1. The molecule has 4 nitrogen and oxygen atoms in total. The summed E-state index contributed by atoms with van der Waals surface area (Å²) >= 11 is 1.89. The third kappa shape index (κ3) is 4.22. The molecule has 0 N–H and O–H groups in total. The predicted molar refractivity (Wildman–Crippen MR) is 72.3 cm³/mol. The SMILES string of the molecule is CC(C)(C)SC[Si]12OCCN(CCO1)CCO2. The first-order valence-corrected chi connectivity index (χ1v) is 9.19. The molecule has 3 heterocycles. The lowest BCUT2D eigenvalue weighted by Crippen LogP contribution is -2.57. The first-order chi connectivity index (χ1) is 7.99. The lowest BCUT2D eigenvalue weighted by Gasteiger charge is -2.38. The molecule has 3 aliphatic heterocycles. The van der Waals surface area contributed by atoms with Crippen LogP contribution in [0.3, 0.4) is 0 Å². The van der Waals surface area contributed by atoms with Crippen molar-refractivity contribution in [1.29, 1.82) is 0 Å². The van der Waals surface area contributed by atoms with Crippen molar-refractivity contribution < 1.29 is 13.3 Å². The summed E-state index contributed by atoms with van der Waals surface area (Å²) in [5, 5.41) is 0.872. The molecule has 3 rings (SSSR count). The van der Waals surface area contributed by atoms with E-state index >= 15 is 0 Å². The zero-order chi connectivity index (χ0) is 12.4. The molecule has 0 aromatic heterocycles. The number of rotatable bonds is 2. The van der Waals surface area contributed by atoms with Gasteiger partial charge in [-0.3, -0.25) is 4.90 Å². The van der Waals surface area contributed by atoms with Crippen LogP contribution in [0.2, 0.25) is 0 Å². The maximum absolute atomic E-state index is 5.97. The lowest BCUT2D eigenvalue weighted by atomic mass is 10.3. The summed E-state index contributed by atoms with van der Waals surface area (Å²) in [5.41, 5.74) is 0. The Hall–Kier alpha value is 0.407. The molecule has 0 radical (unpaired) electrons. The second-order valence-corrected chi connectivity index (χ2v) is 10.4. The molecule has 0 amide bonds. The van der Waals surface area contributed by atoms with Crippen molar-refractivity contribution >= 4 is 20.6 Å². The van der Waals surface area contributed by atoms with E-state index in [9.17, 15) is 0 Å². The maximum Gasteiger partial charge on any atom is 0.511 e. The van der Waals surface area contributed by atoms with Gasteiger partial charge in [-0.1, -0.05) is 20.8 Å². The average Bonchev–Trinajstić information content (AvgIpc) is 2.12. The van der Waals surface area contributed by atoms with Gasteiger partial charge >= 0.3 is 8.80 Å². The molecular formula is C11H23NO3SSi. The molecular weight excluding hydrogens is 254 g/mol. The average molecular weight is 277 g/mol. The van der Waals surface area contributed by atoms with E-state index in [0.29, 0.717) is 0 Å². The van der Waals surface area contributed by atoms with E-state index in [1.165, 1.54) is 0 Å². The Balaban J connectivity index is 1.98. The van der Waals surface area contributed by atoms with Gasteiger partial charge in [0.15, 0.2) is 0 Å². The Morgan fingerprint density at radius 3 is 1.88 bits per heavy atom. The molecule has 17 heavy (non-hydrogen) atoms. The van der Waals surface area contributed by atoms with Crippen LogP contribution in [0.1, 0.15) is 20.8 Å². The van der Waals surface area contributed by atoms with E-state index in [1.54, 1.807) is 0 Å². The van der Waals surface area contributed by atoms with Crippen molar-refractivity contribution in [2.75, 3.05) is 44.8 Å². The van der Waals surface area contributed by atoms with Crippen LogP contribution >= 0.6 is 11.8 Å². The number of hydrogen-bond acceptors (Lipinski definition) is 5. The van der Waals surface area contributed by atoms with E-state index < -0.39 is 8.80 Å². The van der Waals surface area contributed by atoms with E-state index in [2.05, 4.69) is 25.7 Å². The van der Waals surface area contributed by atoms with Gasteiger partial charge in [0.05, 0.1) is 25.2 Å². The molecule has 100 valence electrons. The molecule has 0 saturated carbocycles. The van der Waals surface area contributed by atoms with Gasteiger partial charge in [-0.15, -0.1) is 0 Å². The summed E-state index contributed by atoms with van der Waals surface area (Å²) in [5.74, 6) is 0. The standard InChI is InChI=1S/C11H23NO3SSi/c1-11(2,3)16-10-17-13-7-4-12(5-8-14-17)6-9-15-17/h4-10H2,1-3H3. The van der Waals surface area contributed by atoms with Gasteiger partial charge in [0.25, 0.3) is 0 Å². The summed E-state index contributed by atoms with van der Waals surface area (Å²) in [6.45, 7) is 11.9. The van der Waals surface area contributed by atoms with Crippen LogP contribution in [0.4, 0.5) is 0 Å². The Labute approximate surface area is 109 Å². The number of hydrogen-bond donors (Lipinski definition) is 0. The molecule has 0 aromatic rings. The quantitative estimate of drug-likeness (QED) is 0.712. The number of thioether (sulfide) groups is 1. The highest BCUT2D eigenvalue weighted by molar-refractivity contribution is 8.02. The van der Waals surface area contributed by atoms with Crippen LogP contribution in [0.5, 0.6) is 0 Å². The van der Waals surface area contributed by atoms with Crippen LogP contribution in [0.15, 0.2) is 0 Å². The zero-order valence-corrected chi connectivity index (χ0v) is 12.8. The highest BCUT2D eigenvalue weighted by Gasteiger charge is 2.44. The summed E-state index contributed by atoms with van der Waals surface area (Å²) in [6, 6.07) is 0. The van der Waals surface area contributed by atoms with Gasteiger partial charge in [0.2, 0.25) is 0 Å². The van der Waals surface area contributed by atoms with Gasteiger partial charge in [-0.25, -0.2) is 0 Å². The molecule has 3 fully saturated rings. The second kappa shape index (κ2) is 5.58. The van der Waals surface area contributed by atoms with E-state index in [0.717, 1.165) is 44.8 Å². The van der Waals surface area contributed by atoms with E-state index in [-0.39, 0.29) is 4.75 Å². The minimum Gasteiger partial charge on any atom is -0.372 e. The molecule has 0 aliphatic carbocycles. The Morgan fingerprint density at radius 2 is 1.47 bits per heavy atom. The smallest absolute Gasteiger partial charge is 0.372 e. The van der Waals surface area contributed by atoms with Crippen molar-refractivity contribution in [3.8, 4) is 0 Å². The first-order valence-electron chi connectivity index (χ1n) is 6.27. The van der Waals surface area contributed by atoms with Crippen molar-refractivity contribution in [3.63, 3.8) is 0 Å². The van der Waals surface area contributed by atoms with Crippen LogP contribution in [-0.2, 0) is 13.3 Å².